The lowest BCUT2D eigenvalue weighted by atomic mass is 10.2. The molecule has 146 valence electrons. The largest absolute Gasteiger partial charge is 0.389 e. The fourth-order valence-electron chi connectivity index (χ4n) is 2.31. The number of carbonyl (C=O) groups is 1. The second kappa shape index (κ2) is 7.46. The molecule has 3 rings (SSSR count). The molecule has 0 saturated heterocycles. The molecule has 28 heavy (non-hydrogen) atoms. The number of nitro groups is 1. The maximum absolute atomic E-state index is 13.7. The van der Waals surface area contributed by atoms with Crippen LogP contribution in [0.2, 0.25) is 0 Å². The zero-order chi connectivity index (χ0) is 20.4. The van der Waals surface area contributed by atoms with Crippen molar-refractivity contribution < 1.29 is 27.3 Å². The molecule has 0 radical (unpaired) electrons. The zero-order valence-corrected chi connectivity index (χ0v) is 13.8. The Morgan fingerprint density at radius 1 is 1.07 bits per heavy atom. The first kappa shape index (κ1) is 19.0. The molecule has 0 atom stereocenters. The summed E-state index contributed by atoms with van der Waals surface area (Å²) in [4.78, 5) is 21.7. The van der Waals surface area contributed by atoms with Gasteiger partial charge >= 0.3 is 5.82 Å². The average molecular weight is 398 g/mol. The van der Waals surface area contributed by atoms with Crippen LogP contribution < -0.4 is 5.32 Å². The van der Waals surface area contributed by atoms with Crippen LogP contribution in [0.25, 0.3) is 0 Å². The van der Waals surface area contributed by atoms with Crippen LogP contribution in [0.4, 0.5) is 29.2 Å². The van der Waals surface area contributed by atoms with E-state index >= 15 is 0 Å². The number of anilines is 1. The predicted molar refractivity (Wildman–Crippen MR) is 85.1 cm³/mol. The fourth-order valence-corrected chi connectivity index (χ4v) is 2.31. The molecule has 1 aromatic carbocycles. The average Bonchev–Trinajstić information content (AvgIpc) is 3.26. The Morgan fingerprint density at radius 3 is 2.32 bits per heavy atom. The molecular weight excluding hydrogens is 388 g/mol. The van der Waals surface area contributed by atoms with E-state index in [1.165, 1.54) is 18.5 Å². The molecule has 0 unspecified atom stereocenters. The monoisotopic (exact) mass is 398 g/mol. The van der Waals surface area contributed by atoms with Gasteiger partial charge in [0.25, 0.3) is 0 Å². The van der Waals surface area contributed by atoms with E-state index in [2.05, 4.69) is 15.5 Å². The first-order chi connectivity index (χ1) is 13.2. The molecule has 1 amide bonds. The molecule has 2 heterocycles. The zero-order valence-electron chi connectivity index (χ0n) is 13.8. The van der Waals surface area contributed by atoms with E-state index in [1.54, 1.807) is 0 Å². The second-order valence-corrected chi connectivity index (χ2v) is 5.52. The Bertz CT molecular complexity index is 1040. The summed E-state index contributed by atoms with van der Waals surface area (Å²) in [6.45, 7) is -0.966. The molecule has 13 heteroatoms. The highest BCUT2D eigenvalue weighted by atomic mass is 19.2. The lowest BCUT2D eigenvalue weighted by Crippen LogP contribution is -2.19. The van der Waals surface area contributed by atoms with Crippen molar-refractivity contribution in [3.05, 3.63) is 69.5 Å². The number of benzene rings is 1. The number of nitrogens with one attached hydrogen (secondary N) is 1. The molecule has 2 aromatic heterocycles. The quantitative estimate of drug-likeness (QED) is 0.297. The minimum absolute atomic E-state index is 0.00986. The first-order valence-electron chi connectivity index (χ1n) is 7.57. The molecule has 0 saturated carbocycles. The van der Waals surface area contributed by atoms with E-state index in [1.807, 2.05) is 0 Å². The third-order valence-corrected chi connectivity index (χ3v) is 3.55. The Balaban J connectivity index is 1.67. The van der Waals surface area contributed by atoms with Crippen molar-refractivity contribution in [2.45, 2.75) is 13.1 Å². The number of hydrogen-bond donors (Lipinski definition) is 1. The summed E-state index contributed by atoms with van der Waals surface area (Å²) in [5.74, 6) is -7.23. The highest BCUT2D eigenvalue weighted by molar-refractivity contribution is 5.89. The summed E-state index contributed by atoms with van der Waals surface area (Å²) < 4.78 is 55.9. The Morgan fingerprint density at radius 2 is 1.71 bits per heavy atom. The van der Waals surface area contributed by atoms with Gasteiger partial charge in [-0.3, -0.25) is 9.48 Å². The Labute approximate surface area is 153 Å². The third kappa shape index (κ3) is 3.97. The molecule has 0 aliphatic heterocycles. The predicted octanol–water partition coefficient (Wildman–Crippen LogP) is 2.23. The molecule has 3 aromatic rings. The lowest BCUT2D eigenvalue weighted by molar-refractivity contribution is -0.389. The first-order valence-corrected chi connectivity index (χ1v) is 7.57. The Kier molecular flexibility index (Phi) is 5.06. The summed E-state index contributed by atoms with van der Waals surface area (Å²) in [6.07, 6.45) is 2.47. The van der Waals surface area contributed by atoms with Gasteiger partial charge in [-0.05, 0) is 4.92 Å². The van der Waals surface area contributed by atoms with Gasteiger partial charge in [0, 0.05) is 18.3 Å². The van der Waals surface area contributed by atoms with Gasteiger partial charge in [-0.1, -0.05) is 0 Å². The summed E-state index contributed by atoms with van der Waals surface area (Å²) in [6, 6.07) is 2.50. The topological polar surface area (TPSA) is 108 Å². The Hall–Kier alpha value is -3.77. The molecule has 0 bridgehead atoms. The van der Waals surface area contributed by atoms with Crippen LogP contribution in [-0.2, 0) is 17.9 Å². The summed E-state index contributed by atoms with van der Waals surface area (Å²) in [5.41, 5.74) is -0.859. The van der Waals surface area contributed by atoms with Crippen molar-refractivity contribution in [3.8, 4) is 0 Å². The van der Waals surface area contributed by atoms with Crippen molar-refractivity contribution in [1.29, 1.82) is 0 Å². The number of amides is 1. The minimum Gasteiger partial charge on any atom is -0.358 e. The molecule has 9 nitrogen and oxygen atoms in total. The highest BCUT2D eigenvalue weighted by Crippen LogP contribution is 2.20. The van der Waals surface area contributed by atoms with E-state index in [-0.39, 0.29) is 18.4 Å². The highest BCUT2D eigenvalue weighted by Gasteiger charge is 2.20. The molecule has 1 N–H and O–H groups in total. The number of hydrogen-bond acceptors (Lipinski definition) is 5. The standard InChI is InChI=1S/C15H10F4N6O3/c16-9-5-10(17)15(19)8(14(9)18)6-23-3-1-11(21-23)20-13(26)7-24-4-2-12(22-24)25(27)28/h1-5H,6-7H2,(H,20,21,26). The van der Waals surface area contributed by atoms with E-state index in [9.17, 15) is 32.5 Å². The summed E-state index contributed by atoms with van der Waals surface area (Å²) in [5, 5.41) is 20.3. The maximum Gasteiger partial charge on any atom is 0.389 e. The van der Waals surface area contributed by atoms with Gasteiger partial charge in [0.15, 0.2) is 29.1 Å². The van der Waals surface area contributed by atoms with Crippen LogP contribution in [0.1, 0.15) is 5.56 Å². The van der Waals surface area contributed by atoms with Crippen molar-refractivity contribution in [1.82, 2.24) is 19.6 Å². The number of rotatable bonds is 6. The summed E-state index contributed by atoms with van der Waals surface area (Å²) >= 11 is 0. The number of halogens is 4. The van der Waals surface area contributed by atoms with Crippen LogP contribution in [0.3, 0.4) is 0 Å². The molecule has 0 spiro atoms. The van der Waals surface area contributed by atoms with E-state index < -0.39 is 52.0 Å². The van der Waals surface area contributed by atoms with E-state index in [4.69, 9.17) is 0 Å². The van der Waals surface area contributed by atoms with Gasteiger partial charge in [-0.2, -0.15) is 9.78 Å². The van der Waals surface area contributed by atoms with Crippen molar-refractivity contribution in [2.75, 3.05) is 5.32 Å². The van der Waals surface area contributed by atoms with Gasteiger partial charge in [0.2, 0.25) is 5.91 Å². The molecular formula is C15H10F4N6O3. The minimum atomic E-state index is -1.54. The third-order valence-electron chi connectivity index (χ3n) is 3.55. The smallest absolute Gasteiger partial charge is 0.358 e. The van der Waals surface area contributed by atoms with E-state index in [0.717, 1.165) is 15.4 Å². The number of carbonyl (C=O) groups excluding carboxylic acids is 1. The summed E-state index contributed by atoms with van der Waals surface area (Å²) in [7, 11) is 0. The van der Waals surface area contributed by atoms with Crippen LogP contribution in [0.5, 0.6) is 0 Å². The van der Waals surface area contributed by atoms with Gasteiger partial charge in [0.05, 0.1) is 29.5 Å². The van der Waals surface area contributed by atoms with Crippen molar-refractivity contribution >= 4 is 17.5 Å². The van der Waals surface area contributed by atoms with Gasteiger partial charge < -0.3 is 15.4 Å². The number of nitrogens with zero attached hydrogens (tertiary/aromatic N) is 5. The van der Waals surface area contributed by atoms with Crippen LogP contribution in [-0.4, -0.2) is 30.4 Å². The van der Waals surface area contributed by atoms with Gasteiger partial charge in [-0.15, -0.1) is 0 Å². The maximum atomic E-state index is 13.7. The number of aromatic nitrogens is 4. The van der Waals surface area contributed by atoms with Crippen LogP contribution in [0.15, 0.2) is 30.6 Å². The molecule has 0 aliphatic rings. The van der Waals surface area contributed by atoms with Crippen LogP contribution in [0, 0.1) is 33.4 Å². The fraction of sp³-hybridized carbons (Fsp3) is 0.133. The molecule has 0 aliphatic carbocycles. The SMILES string of the molecule is O=C(Cn1ccc([N+](=O)[O-])n1)Nc1ccn(Cc2c(F)c(F)cc(F)c2F)n1. The second-order valence-electron chi connectivity index (χ2n) is 5.52. The van der Waals surface area contributed by atoms with Crippen molar-refractivity contribution in [3.63, 3.8) is 0 Å². The van der Waals surface area contributed by atoms with Crippen molar-refractivity contribution in [2.24, 2.45) is 0 Å². The van der Waals surface area contributed by atoms with Crippen LogP contribution >= 0.6 is 0 Å². The normalized spacial score (nSPS) is 10.9. The lowest BCUT2D eigenvalue weighted by Gasteiger charge is -2.07. The van der Waals surface area contributed by atoms with E-state index in [0.29, 0.717) is 0 Å². The van der Waals surface area contributed by atoms with Gasteiger partial charge in [0.1, 0.15) is 6.54 Å². The van der Waals surface area contributed by atoms with Gasteiger partial charge in [-0.25, -0.2) is 17.6 Å². The molecule has 0 fully saturated rings.